The first-order valence-electron chi connectivity index (χ1n) is 11.6. The van der Waals surface area contributed by atoms with Crippen molar-refractivity contribution in [2.75, 3.05) is 4.90 Å². The van der Waals surface area contributed by atoms with Crippen molar-refractivity contribution in [2.45, 2.75) is 32.9 Å². The smallest absolute Gasteiger partial charge is 0.337 e. The van der Waals surface area contributed by atoms with E-state index in [1.807, 2.05) is 54.8 Å². The van der Waals surface area contributed by atoms with Crippen LogP contribution in [0.4, 0.5) is 5.69 Å². The third kappa shape index (κ3) is 4.10. The van der Waals surface area contributed by atoms with Gasteiger partial charge in [-0.05, 0) is 92.6 Å². The number of anilines is 1. The van der Waals surface area contributed by atoms with Crippen LogP contribution in [-0.2, 0) is 0 Å². The molecule has 2 unspecified atom stereocenters. The van der Waals surface area contributed by atoms with Crippen molar-refractivity contribution in [3.8, 4) is 5.69 Å². The highest BCUT2D eigenvalue weighted by Crippen LogP contribution is 2.44. The number of aryl methyl sites for hydroxylation is 2. The Morgan fingerprint density at radius 1 is 1.06 bits per heavy atom. The summed E-state index contributed by atoms with van der Waals surface area (Å²) >= 11 is 9.48. The number of carbonyl (C=O) groups is 1. The van der Waals surface area contributed by atoms with E-state index >= 15 is 0 Å². The highest BCUT2D eigenvalue weighted by atomic mass is 79.9. The minimum Gasteiger partial charge on any atom is -0.478 e. The molecule has 2 N–H and O–H groups in total. The fourth-order valence-corrected chi connectivity index (χ4v) is 5.63. The molecule has 36 heavy (non-hydrogen) atoms. The van der Waals surface area contributed by atoms with Crippen LogP contribution >= 0.6 is 28.1 Å². The number of nitrogens with one attached hydrogen (secondary N) is 1. The number of para-hydroxylation sites is 1. The van der Waals surface area contributed by atoms with Gasteiger partial charge in [0.05, 0.1) is 29.0 Å². The highest BCUT2D eigenvalue weighted by molar-refractivity contribution is 9.10. The largest absolute Gasteiger partial charge is 0.478 e. The fourth-order valence-electron chi connectivity index (χ4n) is 5.03. The normalized spacial score (nSPS) is 17.3. The van der Waals surface area contributed by atoms with Gasteiger partial charge in [0.2, 0.25) is 0 Å². The van der Waals surface area contributed by atoms with Crippen LogP contribution in [0, 0.1) is 20.8 Å². The monoisotopic (exact) mass is 560 g/mol. The highest BCUT2D eigenvalue weighted by Gasteiger charge is 2.42. The quantitative estimate of drug-likeness (QED) is 0.274. The van der Waals surface area contributed by atoms with E-state index in [-0.39, 0.29) is 17.6 Å². The van der Waals surface area contributed by atoms with Gasteiger partial charge >= 0.3 is 5.97 Å². The zero-order chi connectivity index (χ0) is 25.6. The molecule has 4 aromatic rings. The van der Waals surface area contributed by atoms with E-state index in [4.69, 9.17) is 12.2 Å². The van der Waals surface area contributed by atoms with Crippen molar-refractivity contribution in [1.82, 2.24) is 14.9 Å². The SMILES string of the molecule is Cc1cc(N2C(=S)NC(c3ccccn3)C2c2cc(C)n(-c3ccccc3C(=O)O)c2C)ccc1Br. The molecular weight excluding hydrogens is 536 g/mol. The van der Waals surface area contributed by atoms with Crippen LogP contribution in [0.15, 0.2) is 77.4 Å². The summed E-state index contributed by atoms with van der Waals surface area (Å²) < 4.78 is 3.05. The van der Waals surface area contributed by atoms with Crippen LogP contribution in [0.25, 0.3) is 5.69 Å². The van der Waals surface area contributed by atoms with Crippen molar-refractivity contribution >= 4 is 44.9 Å². The van der Waals surface area contributed by atoms with Crippen LogP contribution < -0.4 is 10.2 Å². The van der Waals surface area contributed by atoms with Crippen molar-refractivity contribution in [2.24, 2.45) is 0 Å². The molecule has 5 rings (SSSR count). The summed E-state index contributed by atoms with van der Waals surface area (Å²) in [5, 5.41) is 14.0. The van der Waals surface area contributed by atoms with Crippen LogP contribution in [-0.4, -0.2) is 25.7 Å². The zero-order valence-electron chi connectivity index (χ0n) is 20.1. The number of rotatable bonds is 5. The Balaban J connectivity index is 1.71. The standard InChI is InChI=1S/C28H25BrN4O2S/c1-16-14-19(11-12-22(16)29)33-26(25(31-28(33)36)23-9-6-7-13-30-23)21-15-17(2)32(18(21)3)24-10-5-4-8-20(24)27(34)35/h4-15,25-26H,1-3H3,(H,31,36)(H,34,35). The summed E-state index contributed by atoms with van der Waals surface area (Å²) in [6.45, 7) is 6.09. The predicted octanol–water partition coefficient (Wildman–Crippen LogP) is 6.44. The molecule has 1 saturated heterocycles. The lowest BCUT2D eigenvalue weighted by atomic mass is 9.96. The van der Waals surface area contributed by atoms with E-state index in [1.165, 1.54) is 0 Å². The molecular formula is C28H25BrN4O2S. The maximum atomic E-state index is 12.0. The van der Waals surface area contributed by atoms with E-state index in [1.54, 1.807) is 18.3 Å². The van der Waals surface area contributed by atoms with Gasteiger partial charge in [0, 0.05) is 27.7 Å². The average Bonchev–Trinajstić information content (AvgIpc) is 3.36. The first-order chi connectivity index (χ1) is 17.3. The lowest BCUT2D eigenvalue weighted by molar-refractivity contribution is 0.0697. The van der Waals surface area contributed by atoms with E-state index in [9.17, 15) is 9.90 Å². The molecule has 1 fully saturated rings. The molecule has 8 heteroatoms. The van der Waals surface area contributed by atoms with Crippen molar-refractivity contribution in [3.05, 3.63) is 111 Å². The number of pyridine rings is 1. The first kappa shape index (κ1) is 24.2. The van der Waals surface area contributed by atoms with Gasteiger partial charge in [-0.1, -0.05) is 34.1 Å². The second-order valence-corrected chi connectivity index (χ2v) is 10.2. The van der Waals surface area contributed by atoms with Crippen LogP contribution in [0.1, 0.15) is 50.7 Å². The Labute approximate surface area is 223 Å². The van der Waals surface area contributed by atoms with Gasteiger partial charge in [-0.3, -0.25) is 4.98 Å². The summed E-state index contributed by atoms with van der Waals surface area (Å²) in [5.41, 5.74) is 6.82. The third-order valence-electron chi connectivity index (χ3n) is 6.68. The molecule has 182 valence electrons. The maximum Gasteiger partial charge on any atom is 0.337 e. The number of hydrogen-bond donors (Lipinski definition) is 2. The molecule has 2 atom stereocenters. The van der Waals surface area contributed by atoms with Gasteiger partial charge in [-0.2, -0.15) is 0 Å². The minimum absolute atomic E-state index is 0.189. The minimum atomic E-state index is -0.957. The lowest BCUT2D eigenvalue weighted by Crippen LogP contribution is -2.29. The molecule has 2 aromatic heterocycles. The Hall–Kier alpha value is -3.49. The lowest BCUT2D eigenvalue weighted by Gasteiger charge is -2.28. The van der Waals surface area contributed by atoms with Crippen LogP contribution in [0.5, 0.6) is 0 Å². The van der Waals surface area contributed by atoms with Crippen molar-refractivity contribution in [1.29, 1.82) is 0 Å². The van der Waals surface area contributed by atoms with Gasteiger partial charge < -0.3 is 19.9 Å². The van der Waals surface area contributed by atoms with E-state index in [0.717, 1.165) is 38.4 Å². The number of nitrogens with zero attached hydrogens (tertiary/aromatic N) is 3. The van der Waals surface area contributed by atoms with Crippen molar-refractivity contribution in [3.63, 3.8) is 0 Å². The zero-order valence-corrected chi connectivity index (χ0v) is 22.5. The topological polar surface area (TPSA) is 70.4 Å². The Kier molecular flexibility index (Phi) is 6.40. The number of carboxylic acid groups (broad SMARTS) is 1. The molecule has 1 aliphatic rings. The molecule has 0 amide bonds. The number of thiocarbonyl (C=S) groups is 1. The van der Waals surface area contributed by atoms with Crippen molar-refractivity contribution < 1.29 is 9.90 Å². The fraction of sp³-hybridized carbons (Fsp3) is 0.179. The molecule has 0 bridgehead atoms. The molecule has 6 nitrogen and oxygen atoms in total. The molecule has 0 radical (unpaired) electrons. The van der Waals surface area contributed by atoms with Gasteiger partial charge in [0.1, 0.15) is 0 Å². The summed E-state index contributed by atoms with van der Waals surface area (Å²) in [6, 6.07) is 20.9. The van der Waals surface area contributed by atoms with Gasteiger partial charge in [0.25, 0.3) is 0 Å². The molecule has 2 aromatic carbocycles. The van der Waals surface area contributed by atoms with E-state index < -0.39 is 5.97 Å². The number of carboxylic acids is 1. The van der Waals surface area contributed by atoms with E-state index in [2.05, 4.69) is 56.3 Å². The second kappa shape index (κ2) is 9.52. The van der Waals surface area contributed by atoms with Gasteiger partial charge in [-0.25, -0.2) is 4.79 Å². The number of aromatic nitrogens is 2. The number of halogens is 1. The van der Waals surface area contributed by atoms with Crippen LogP contribution in [0.2, 0.25) is 0 Å². The molecule has 0 aliphatic carbocycles. The number of benzene rings is 2. The molecule has 0 spiro atoms. The molecule has 0 saturated carbocycles. The summed E-state index contributed by atoms with van der Waals surface area (Å²) in [7, 11) is 0. The Bertz CT molecular complexity index is 1480. The number of aromatic carboxylic acids is 1. The predicted molar refractivity (Wildman–Crippen MR) is 149 cm³/mol. The summed E-state index contributed by atoms with van der Waals surface area (Å²) in [4.78, 5) is 18.8. The average molecular weight is 562 g/mol. The molecule has 1 aliphatic heterocycles. The molecule has 3 heterocycles. The summed E-state index contributed by atoms with van der Waals surface area (Å²) in [5.74, 6) is -0.957. The third-order valence-corrected chi connectivity index (χ3v) is 7.89. The second-order valence-electron chi connectivity index (χ2n) is 8.91. The number of hydrogen-bond acceptors (Lipinski definition) is 3. The first-order valence-corrected chi connectivity index (χ1v) is 12.8. The Morgan fingerprint density at radius 2 is 1.81 bits per heavy atom. The Morgan fingerprint density at radius 3 is 2.50 bits per heavy atom. The van der Waals surface area contributed by atoms with E-state index in [0.29, 0.717) is 10.8 Å². The van der Waals surface area contributed by atoms with Crippen LogP contribution in [0.3, 0.4) is 0 Å². The van der Waals surface area contributed by atoms with Gasteiger partial charge in [0.15, 0.2) is 5.11 Å². The maximum absolute atomic E-state index is 12.0. The summed E-state index contributed by atoms with van der Waals surface area (Å²) in [6.07, 6.45) is 1.79. The van der Waals surface area contributed by atoms with Gasteiger partial charge in [-0.15, -0.1) is 0 Å².